The van der Waals surface area contributed by atoms with Crippen LogP contribution < -0.4 is 5.32 Å². The van der Waals surface area contributed by atoms with E-state index in [0.717, 1.165) is 37.1 Å². The molecule has 0 unspecified atom stereocenters. The second-order valence-corrected chi connectivity index (χ2v) is 13.4. The number of nitrogens with one attached hydrogen (secondary N) is 1. The van der Waals surface area contributed by atoms with Gasteiger partial charge in [-0.05, 0) is 36.3 Å². The first kappa shape index (κ1) is 27.5. The van der Waals surface area contributed by atoms with E-state index in [9.17, 15) is 13.2 Å². The molecule has 2 aliphatic heterocycles. The Morgan fingerprint density at radius 1 is 1.11 bits per heavy atom. The zero-order chi connectivity index (χ0) is 27.0. The normalized spacial score (nSPS) is 18.2. The molecule has 3 heterocycles. The average Bonchev–Trinajstić information content (AvgIpc) is 2.81. The third kappa shape index (κ3) is 6.30. The van der Waals surface area contributed by atoms with Crippen LogP contribution in [0, 0.1) is 6.92 Å². The van der Waals surface area contributed by atoms with Crippen LogP contribution in [-0.4, -0.2) is 90.0 Å². The van der Waals surface area contributed by atoms with Crippen LogP contribution in [0.25, 0.3) is 0 Å². The summed E-state index contributed by atoms with van der Waals surface area (Å²) in [4.78, 5) is 26.2. The van der Waals surface area contributed by atoms with Crippen molar-refractivity contribution in [2.45, 2.75) is 64.6 Å². The monoisotopic (exact) mass is 528 g/mol. The van der Waals surface area contributed by atoms with Crippen LogP contribution in [0.1, 0.15) is 60.8 Å². The standard InChI is InChI=1S/C27H40N6O3S/c1-19-24(29-18-30-25(19)28-15-20-7-9-21(10-8-20)27(2,3)4)26(34)32-13-11-22(12-14-32)33-16-23(17-33)31(5)37(6,35)36/h7-10,18,22-23H,11-17H2,1-6H3,(H,28,29,30). The summed E-state index contributed by atoms with van der Waals surface area (Å²) in [6, 6.07) is 8.99. The van der Waals surface area contributed by atoms with Crippen molar-refractivity contribution in [2.24, 2.45) is 0 Å². The fourth-order valence-electron chi connectivity index (χ4n) is 5.02. The van der Waals surface area contributed by atoms with Crippen molar-refractivity contribution in [3.63, 3.8) is 0 Å². The van der Waals surface area contributed by atoms with Crippen molar-refractivity contribution in [3.05, 3.63) is 53.0 Å². The molecule has 0 radical (unpaired) electrons. The van der Waals surface area contributed by atoms with E-state index in [1.54, 1.807) is 7.05 Å². The zero-order valence-corrected chi connectivity index (χ0v) is 23.7. The number of aromatic nitrogens is 2. The summed E-state index contributed by atoms with van der Waals surface area (Å²) < 4.78 is 25.0. The molecule has 0 spiro atoms. The number of anilines is 1. The number of nitrogens with zero attached hydrogens (tertiary/aromatic N) is 5. The van der Waals surface area contributed by atoms with Gasteiger partial charge >= 0.3 is 0 Å². The minimum Gasteiger partial charge on any atom is -0.366 e. The average molecular weight is 529 g/mol. The van der Waals surface area contributed by atoms with Crippen molar-refractivity contribution in [3.8, 4) is 0 Å². The SMILES string of the molecule is Cc1c(NCc2ccc(C(C)(C)C)cc2)ncnc1C(=O)N1CCC(N2CC(N(C)S(C)(=O)=O)C2)CC1. The zero-order valence-electron chi connectivity index (χ0n) is 22.9. The summed E-state index contributed by atoms with van der Waals surface area (Å²) >= 11 is 0. The molecule has 1 N–H and O–H groups in total. The van der Waals surface area contributed by atoms with Crippen LogP contribution in [0.2, 0.25) is 0 Å². The Hall–Kier alpha value is -2.56. The second-order valence-electron chi connectivity index (χ2n) is 11.4. The summed E-state index contributed by atoms with van der Waals surface area (Å²) in [7, 11) is -1.52. The Kier molecular flexibility index (Phi) is 7.92. The van der Waals surface area contributed by atoms with Crippen LogP contribution >= 0.6 is 0 Å². The van der Waals surface area contributed by atoms with Crippen LogP contribution in [0.15, 0.2) is 30.6 Å². The van der Waals surface area contributed by atoms with Crippen molar-refractivity contribution in [1.82, 2.24) is 24.1 Å². The van der Waals surface area contributed by atoms with Gasteiger partial charge in [0.2, 0.25) is 10.0 Å². The first-order valence-electron chi connectivity index (χ1n) is 13.0. The van der Waals surface area contributed by atoms with E-state index >= 15 is 0 Å². The number of piperidine rings is 1. The van der Waals surface area contributed by atoms with Gasteiger partial charge in [-0.25, -0.2) is 18.4 Å². The number of likely N-dealkylation sites (N-methyl/N-ethyl adjacent to an activating group) is 1. The van der Waals surface area contributed by atoms with E-state index in [0.29, 0.717) is 37.2 Å². The highest BCUT2D eigenvalue weighted by Crippen LogP contribution is 2.26. The second kappa shape index (κ2) is 10.7. The summed E-state index contributed by atoms with van der Waals surface area (Å²) in [5.74, 6) is 0.615. The lowest BCUT2D eigenvalue weighted by Gasteiger charge is -2.49. The number of hydrogen-bond acceptors (Lipinski definition) is 7. The smallest absolute Gasteiger partial charge is 0.272 e. The minimum atomic E-state index is -3.17. The van der Waals surface area contributed by atoms with E-state index in [1.807, 2.05) is 11.8 Å². The Labute approximate surface area is 221 Å². The third-order valence-electron chi connectivity index (χ3n) is 7.76. The summed E-state index contributed by atoms with van der Waals surface area (Å²) in [6.07, 6.45) is 4.46. The number of benzene rings is 1. The molecule has 9 nitrogen and oxygen atoms in total. The number of amides is 1. The van der Waals surface area contributed by atoms with Gasteiger partial charge < -0.3 is 10.2 Å². The molecular weight excluding hydrogens is 488 g/mol. The van der Waals surface area contributed by atoms with Gasteiger partial charge in [-0.15, -0.1) is 0 Å². The molecule has 2 saturated heterocycles. The Bertz CT molecular complexity index is 1210. The highest BCUT2D eigenvalue weighted by molar-refractivity contribution is 7.88. The minimum absolute atomic E-state index is 0.0423. The molecule has 2 fully saturated rings. The predicted molar refractivity (Wildman–Crippen MR) is 146 cm³/mol. The molecule has 1 aromatic carbocycles. The number of hydrogen-bond donors (Lipinski definition) is 1. The van der Waals surface area contributed by atoms with Gasteiger partial charge in [-0.3, -0.25) is 9.69 Å². The molecular formula is C27H40N6O3S. The van der Waals surface area contributed by atoms with Crippen molar-refractivity contribution < 1.29 is 13.2 Å². The molecule has 4 rings (SSSR count). The maximum absolute atomic E-state index is 13.3. The van der Waals surface area contributed by atoms with Crippen LogP contribution in [-0.2, 0) is 22.0 Å². The lowest BCUT2D eigenvalue weighted by Crippen LogP contribution is -2.63. The van der Waals surface area contributed by atoms with E-state index in [-0.39, 0.29) is 17.4 Å². The number of sulfonamides is 1. The summed E-state index contributed by atoms with van der Waals surface area (Å²) in [5.41, 5.74) is 3.76. The molecule has 202 valence electrons. The number of carbonyl (C=O) groups excluding carboxylic acids is 1. The quantitative estimate of drug-likeness (QED) is 0.590. The summed E-state index contributed by atoms with van der Waals surface area (Å²) in [6.45, 7) is 11.9. The highest BCUT2D eigenvalue weighted by Gasteiger charge is 2.39. The van der Waals surface area contributed by atoms with Crippen LogP contribution in [0.5, 0.6) is 0 Å². The van der Waals surface area contributed by atoms with Gasteiger partial charge in [-0.2, -0.15) is 4.31 Å². The fourth-order valence-corrected chi connectivity index (χ4v) is 5.70. The molecule has 1 amide bonds. The number of carbonyl (C=O) groups is 1. The lowest BCUT2D eigenvalue weighted by atomic mass is 9.87. The Morgan fingerprint density at radius 2 is 1.73 bits per heavy atom. The van der Waals surface area contributed by atoms with E-state index < -0.39 is 10.0 Å². The van der Waals surface area contributed by atoms with Crippen LogP contribution in [0.3, 0.4) is 0 Å². The van der Waals surface area contributed by atoms with Gasteiger partial charge in [0.1, 0.15) is 17.8 Å². The van der Waals surface area contributed by atoms with E-state index in [1.165, 1.54) is 22.5 Å². The maximum atomic E-state index is 13.3. The molecule has 1 aromatic heterocycles. The fraction of sp³-hybridized carbons (Fsp3) is 0.593. The number of likely N-dealkylation sites (tertiary alicyclic amines) is 2. The predicted octanol–water partition coefficient (Wildman–Crippen LogP) is 2.87. The topological polar surface area (TPSA) is 98.7 Å². The van der Waals surface area contributed by atoms with Gasteiger partial charge in [0.25, 0.3) is 5.91 Å². The van der Waals surface area contributed by atoms with Crippen LogP contribution in [0.4, 0.5) is 5.82 Å². The first-order chi connectivity index (χ1) is 17.3. The molecule has 2 aliphatic rings. The molecule has 0 saturated carbocycles. The third-order valence-corrected chi connectivity index (χ3v) is 9.11. The summed E-state index contributed by atoms with van der Waals surface area (Å²) in [5, 5.41) is 3.37. The van der Waals surface area contributed by atoms with Gasteiger partial charge in [0.05, 0.1) is 6.26 Å². The van der Waals surface area contributed by atoms with Crippen molar-refractivity contribution in [1.29, 1.82) is 0 Å². The molecule has 37 heavy (non-hydrogen) atoms. The molecule has 2 aromatic rings. The maximum Gasteiger partial charge on any atom is 0.272 e. The lowest BCUT2D eigenvalue weighted by molar-refractivity contribution is 0.0172. The largest absolute Gasteiger partial charge is 0.366 e. The highest BCUT2D eigenvalue weighted by atomic mass is 32.2. The van der Waals surface area contributed by atoms with Gasteiger partial charge in [0.15, 0.2) is 0 Å². The molecule has 0 bridgehead atoms. The Morgan fingerprint density at radius 3 is 2.30 bits per heavy atom. The number of rotatable bonds is 7. The molecule has 0 atom stereocenters. The molecule has 0 aliphatic carbocycles. The first-order valence-corrected chi connectivity index (χ1v) is 14.8. The van der Waals surface area contributed by atoms with E-state index in [2.05, 4.69) is 65.2 Å². The van der Waals surface area contributed by atoms with E-state index in [4.69, 9.17) is 0 Å². The van der Waals surface area contributed by atoms with Crippen molar-refractivity contribution >= 4 is 21.7 Å². The van der Waals surface area contributed by atoms with Crippen molar-refractivity contribution in [2.75, 3.05) is 44.8 Å². The van der Waals surface area contributed by atoms with Gasteiger partial charge in [-0.1, -0.05) is 45.0 Å². The van der Waals surface area contributed by atoms with Gasteiger partial charge in [0, 0.05) is 57.4 Å². The Balaban J connectivity index is 1.31. The molecule has 10 heteroatoms.